The summed E-state index contributed by atoms with van der Waals surface area (Å²) in [6.07, 6.45) is 3.88. The summed E-state index contributed by atoms with van der Waals surface area (Å²) < 4.78 is 8.13. The van der Waals surface area contributed by atoms with Gasteiger partial charge in [0, 0.05) is 52.9 Å². The van der Waals surface area contributed by atoms with Crippen molar-refractivity contribution in [1.29, 1.82) is 0 Å². The minimum Gasteiger partial charge on any atom is -0.374 e. The van der Waals surface area contributed by atoms with Gasteiger partial charge in [0.05, 0.1) is 30.4 Å². The Balaban J connectivity index is 1.52. The van der Waals surface area contributed by atoms with Crippen molar-refractivity contribution in [3.63, 3.8) is 0 Å². The monoisotopic (exact) mass is 446 g/mol. The SMILES string of the molecule is CN1CCOC(Cn2cc(C3=C(c4c[nH]c5sccc45)C(=O)NC3=O)c3ccccc32)C1. The molecule has 0 aliphatic carbocycles. The number of hydrogen-bond acceptors (Lipinski definition) is 5. The van der Waals surface area contributed by atoms with E-state index in [0.717, 1.165) is 45.3 Å². The first-order chi connectivity index (χ1) is 15.6. The van der Waals surface area contributed by atoms with Gasteiger partial charge in [-0.25, -0.2) is 0 Å². The molecule has 162 valence electrons. The fraction of sp³-hybridized carbons (Fsp3) is 0.250. The summed E-state index contributed by atoms with van der Waals surface area (Å²) in [7, 11) is 2.10. The maximum atomic E-state index is 13.0. The second-order valence-electron chi connectivity index (χ2n) is 8.37. The third-order valence-electron chi connectivity index (χ3n) is 6.30. The van der Waals surface area contributed by atoms with Crippen LogP contribution in [0, 0.1) is 0 Å². The van der Waals surface area contributed by atoms with E-state index < -0.39 is 0 Å². The van der Waals surface area contributed by atoms with E-state index in [1.165, 1.54) is 0 Å². The lowest BCUT2D eigenvalue weighted by Gasteiger charge is -2.30. The maximum Gasteiger partial charge on any atom is 0.259 e. The van der Waals surface area contributed by atoms with E-state index in [9.17, 15) is 9.59 Å². The summed E-state index contributed by atoms with van der Waals surface area (Å²) >= 11 is 1.58. The highest BCUT2D eigenvalue weighted by Crippen LogP contribution is 2.39. The number of likely N-dealkylation sites (N-methyl/N-ethyl adjacent to an activating group) is 1. The van der Waals surface area contributed by atoms with Gasteiger partial charge in [0.1, 0.15) is 4.83 Å². The van der Waals surface area contributed by atoms with Gasteiger partial charge in [0.25, 0.3) is 11.8 Å². The van der Waals surface area contributed by atoms with Gasteiger partial charge >= 0.3 is 0 Å². The number of amides is 2. The molecule has 5 heterocycles. The Morgan fingerprint density at radius 2 is 1.91 bits per heavy atom. The Morgan fingerprint density at radius 1 is 1.09 bits per heavy atom. The summed E-state index contributed by atoms with van der Waals surface area (Å²) in [6.45, 7) is 3.18. The quantitative estimate of drug-likeness (QED) is 0.472. The zero-order valence-corrected chi connectivity index (χ0v) is 18.4. The molecule has 2 aliphatic heterocycles. The molecule has 1 saturated heterocycles. The van der Waals surface area contributed by atoms with Crippen molar-refractivity contribution in [3.05, 3.63) is 59.2 Å². The molecule has 0 saturated carbocycles. The van der Waals surface area contributed by atoms with Crippen molar-refractivity contribution in [2.75, 3.05) is 26.7 Å². The van der Waals surface area contributed by atoms with E-state index in [4.69, 9.17) is 4.74 Å². The topological polar surface area (TPSA) is 79.4 Å². The largest absolute Gasteiger partial charge is 0.374 e. The number of hydrogen-bond donors (Lipinski definition) is 2. The van der Waals surface area contributed by atoms with Crippen molar-refractivity contribution in [2.24, 2.45) is 0 Å². The van der Waals surface area contributed by atoms with Gasteiger partial charge in [0.2, 0.25) is 0 Å². The average molecular weight is 447 g/mol. The molecule has 2 N–H and O–H groups in total. The molecule has 6 rings (SSSR count). The number of thiophene rings is 1. The fourth-order valence-electron chi connectivity index (χ4n) is 4.82. The molecule has 0 bridgehead atoms. The van der Waals surface area contributed by atoms with Crippen LogP contribution in [0.2, 0.25) is 0 Å². The van der Waals surface area contributed by atoms with Gasteiger partial charge in [-0.05, 0) is 24.6 Å². The molecule has 1 atom stereocenters. The molecule has 32 heavy (non-hydrogen) atoms. The van der Waals surface area contributed by atoms with Crippen LogP contribution < -0.4 is 5.32 Å². The van der Waals surface area contributed by atoms with Crippen LogP contribution in [0.15, 0.2) is 48.1 Å². The van der Waals surface area contributed by atoms with Crippen LogP contribution in [-0.4, -0.2) is 59.1 Å². The van der Waals surface area contributed by atoms with Crippen molar-refractivity contribution in [3.8, 4) is 0 Å². The van der Waals surface area contributed by atoms with Crippen LogP contribution in [0.1, 0.15) is 11.1 Å². The van der Waals surface area contributed by atoms with E-state index in [1.54, 1.807) is 11.3 Å². The Morgan fingerprint density at radius 3 is 2.75 bits per heavy atom. The van der Waals surface area contributed by atoms with Gasteiger partial charge in [-0.2, -0.15) is 0 Å². The number of fused-ring (bicyclic) bond motifs is 2. The molecule has 2 aliphatic rings. The second kappa shape index (κ2) is 7.44. The number of para-hydroxylation sites is 1. The summed E-state index contributed by atoms with van der Waals surface area (Å²) in [5.41, 5.74) is 3.41. The van der Waals surface area contributed by atoms with Gasteiger partial charge in [-0.3, -0.25) is 14.9 Å². The number of aromatic amines is 1. The molecule has 4 aromatic rings. The Bertz CT molecular complexity index is 1410. The van der Waals surface area contributed by atoms with Crippen LogP contribution in [0.3, 0.4) is 0 Å². The highest BCUT2D eigenvalue weighted by Gasteiger charge is 2.35. The summed E-state index contributed by atoms with van der Waals surface area (Å²) in [4.78, 5) is 32.4. The Hall–Kier alpha value is -3.20. The summed E-state index contributed by atoms with van der Waals surface area (Å²) in [5, 5.41) is 6.40. The highest BCUT2D eigenvalue weighted by atomic mass is 32.1. The summed E-state index contributed by atoms with van der Waals surface area (Å²) in [5.74, 6) is -0.711. The molecule has 1 unspecified atom stereocenters. The molecule has 1 fully saturated rings. The first kappa shape index (κ1) is 19.5. The predicted octanol–water partition coefficient (Wildman–Crippen LogP) is 3.08. The van der Waals surface area contributed by atoms with Crippen LogP contribution in [-0.2, 0) is 20.9 Å². The molecular formula is C24H22N4O3S. The number of morpholine rings is 1. The lowest BCUT2D eigenvalue weighted by molar-refractivity contribution is -0.122. The van der Waals surface area contributed by atoms with E-state index >= 15 is 0 Å². The fourth-order valence-corrected chi connectivity index (χ4v) is 5.59. The lowest BCUT2D eigenvalue weighted by atomic mass is 9.96. The smallest absolute Gasteiger partial charge is 0.259 e. The summed E-state index contributed by atoms with van der Waals surface area (Å²) in [6, 6.07) is 9.99. The van der Waals surface area contributed by atoms with Gasteiger partial charge in [0.15, 0.2) is 0 Å². The number of rotatable bonds is 4. The standard InChI is InChI=1S/C24H22N4O3S/c1-27-7-8-31-14(11-27)12-28-13-18(15-4-2-3-5-19(15)28)21-20(22(29)26-23(21)30)17-10-25-24-16(17)6-9-32-24/h2-6,9-10,13-14,25H,7-8,11-12H2,1H3,(H,26,29,30). The minimum atomic E-state index is -0.355. The average Bonchev–Trinajstić information content (AvgIpc) is 3.52. The predicted molar refractivity (Wildman–Crippen MR) is 125 cm³/mol. The molecule has 7 nitrogen and oxygen atoms in total. The Labute approximate surface area is 188 Å². The molecule has 3 aromatic heterocycles. The van der Waals surface area contributed by atoms with Crippen molar-refractivity contribution < 1.29 is 14.3 Å². The lowest BCUT2D eigenvalue weighted by Crippen LogP contribution is -2.41. The molecular weight excluding hydrogens is 424 g/mol. The maximum absolute atomic E-state index is 13.0. The Kier molecular flexibility index (Phi) is 4.53. The van der Waals surface area contributed by atoms with Crippen molar-refractivity contribution >= 4 is 55.4 Å². The third kappa shape index (κ3) is 3.02. The zero-order valence-electron chi connectivity index (χ0n) is 17.6. The van der Waals surface area contributed by atoms with Crippen molar-refractivity contribution in [1.82, 2.24) is 19.8 Å². The van der Waals surface area contributed by atoms with Crippen LogP contribution in [0.4, 0.5) is 0 Å². The van der Waals surface area contributed by atoms with Gasteiger partial charge in [-0.15, -0.1) is 11.3 Å². The first-order valence-electron chi connectivity index (χ1n) is 10.6. The molecule has 8 heteroatoms. The normalized spacial score (nSPS) is 20.1. The van der Waals surface area contributed by atoms with E-state index in [-0.39, 0.29) is 17.9 Å². The molecule has 1 aromatic carbocycles. The van der Waals surface area contributed by atoms with Crippen LogP contribution >= 0.6 is 11.3 Å². The second-order valence-corrected chi connectivity index (χ2v) is 9.28. The molecule has 2 amide bonds. The van der Waals surface area contributed by atoms with Crippen molar-refractivity contribution in [2.45, 2.75) is 12.6 Å². The first-order valence-corrected chi connectivity index (χ1v) is 11.5. The molecule has 0 spiro atoms. The zero-order chi connectivity index (χ0) is 21.8. The minimum absolute atomic E-state index is 0.0694. The van der Waals surface area contributed by atoms with E-state index in [1.807, 2.05) is 48.1 Å². The number of imide groups is 1. The number of H-pyrrole nitrogens is 1. The number of carbonyl (C=O) groups is 2. The van der Waals surface area contributed by atoms with Gasteiger partial charge < -0.3 is 19.2 Å². The van der Waals surface area contributed by atoms with E-state index in [2.05, 4.69) is 26.8 Å². The number of nitrogens with one attached hydrogen (secondary N) is 2. The van der Waals surface area contributed by atoms with Crippen LogP contribution in [0.5, 0.6) is 0 Å². The van der Waals surface area contributed by atoms with Gasteiger partial charge in [-0.1, -0.05) is 18.2 Å². The van der Waals surface area contributed by atoms with E-state index in [0.29, 0.717) is 24.3 Å². The van der Waals surface area contributed by atoms with Crippen LogP contribution in [0.25, 0.3) is 32.3 Å². The third-order valence-corrected chi connectivity index (χ3v) is 7.15. The molecule has 0 radical (unpaired) electrons. The number of benzene rings is 1. The number of aromatic nitrogens is 2. The highest BCUT2D eigenvalue weighted by molar-refractivity contribution is 7.16. The number of carbonyl (C=O) groups excluding carboxylic acids is 2. The number of nitrogens with zero attached hydrogens (tertiary/aromatic N) is 2. The number of ether oxygens (including phenoxy) is 1.